The summed E-state index contributed by atoms with van der Waals surface area (Å²) in [6.45, 7) is 0.554. The summed E-state index contributed by atoms with van der Waals surface area (Å²) in [5.41, 5.74) is 0.260. The number of hydrogen-bond acceptors (Lipinski definition) is 3. The van der Waals surface area contributed by atoms with Crippen molar-refractivity contribution in [2.45, 2.75) is 25.7 Å². The van der Waals surface area contributed by atoms with Gasteiger partial charge in [-0.25, -0.2) is 0 Å². The average Bonchev–Trinajstić information content (AvgIpc) is 2.61. The molecule has 0 atom stereocenters. The second-order valence-corrected chi connectivity index (χ2v) is 4.52. The van der Waals surface area contributed by atoms with Crippen molar-refractivity contribution in [1.82, 2.24) is 0 Å². The molecule has 1 rings (SSSR count). The largest absolute Gasteiger partial charge is 0.396 e. The smallest absolute Gasteiger partial charge is 0.0431 e. The molecule has 0 aromatic carbocycles. The average molecular weight is 202 g/mol. The van der Waals surface area contributed by atoms with Crippen LogP contribution in [0.4, 0.5) is 0 Å². The topological polar surface area (TPSA) is 40.5 Å². The first kappa shape index (κ1) is 11.1. The first-order chi connectivity index (χ1) is 6.33. The standard InChI is InChI=1S/C10H18O2S/c11-6-1-3-10(4-2-7-12)5-8-13-9-10/h5,8,11-12H,1-4,6-7,9H2. The van der Waals surface area contributed by atoms with Crippen LogP contribution in [0.3, 0.4) is 0 Å². The van der Waals surface area contributed by atoms with E-state index in [1.807, 2.05) is 11.8 Å². The van der Waals surface area contributed by atoms with Crippen molar-refractivity contribution < 1.29 is 10.2 Å². The van der Waals surface area contributed by atoms with Gasteiger partial charge in [-0.2, -0.15) is 0 Å². The predicted molar refractivity (Wildman–Crippen MR) is 56.7 cm³/mol. The predicted octanol–water partition coefficient (Wildman–Crippen LogP) is 1.78. The summed E-state index contributed by atoms with van der Waals surface area (Å²) in [5.74, 6) is 1.12. The molecule has 0 unspecified atom stereocenters. The van der Waals surface area contributed by atoms with Gasteiger partial charge in [0.25, 0.3) is 0 Å². The van der Waals surface area contributed by atoms with Crippen molar-refractivity contribution in [2.75, 3.05) is 19.0 Å². The van der Waals surface area contributed by atoms with Gasteiger partial charge in [-0.3, -0.25) is 0 Å². The lowest BCUT2D eigenvalue weighted by molar-refractivity contribution is 0.229. The fraction of sp³-hybridized carbons (Fsp3) is 0.800. The normalized spacial score (nSPS) is 19.5. The summed E-state index contributed by atoms with van der Waals surface area (Å²) >= 11 is 1.84. The van der Waals surface area contributed by atoms with Gasteiger partial charge in [-0.15, -0.1) is 11.8 Å². The molecule has 0 saturated carbocycles. The molecule has 1 aliphatic rings. The van der Waals surface area contributed by atoms with Crippen LogP contribution in [-0.4, -0.2) is 29.2 Å². The van der Waals surface area contributed by atoms with E-state index in [9.17, 15) is 0 Å². The molecule has 0 aliphatic carbocycles. The van der Waals surface area contributed by atoms with Crippen LogP contribution in [0.2, 0.25) is 0 Å². The Morgan fingerprint density at radius 3 is 2.15 bits per heavy atom. The van der Waals surface area contributed by atoms with Gasteiger partial charge in [0.05, 0.1) is 0 Å². The molecule has 1 heterocycles. The maximum Gasteiger partial charge on any atom is 0.0431 e. The zero-order chi connectivity index (χ0) is 9.57. The molecule has 0 saturated heterocycles. The van der Waals surface area contributed by atoms with Crippen LogP contribution in [-0.2, 0) is 0 Å². The first-order valence-electron chi connectivity index (χ1n) is 4.84. The SMILES string of the molecule is OCCCC1(CCCO)C=CSC1. The molecule has 0 radical (unpaired) electrons. The van der Waals surface area contributed by atoms with Gasteiger partial charge in [0.1, 0.15) is 0 Å². The van der Waals surface area contributed by atoms with Gasteiger partial charge in [-0.05, 0) is 36.5 Å². The third-order valence-electron chi connectivity index (χ3n) is 2.55. The number of thioether (sulfide) groups is 1. The third-order valence-corrected chi connectivity index (χ3v) is 3.62. The van der Waals surface area contributed by atoms with E-state index in [2.05, 4.69) is 11.5 Å². The van der Waals surface area contributed by atoms with E-state index >= 15 is 0 Å². The highest BCUT2D eigenvalue weighted by atomic mass is 32.2. The molecule has 3 heteroatoms. The molecule has 0 aromatic rings. The molecule has 0 spiro atoms. The van der Waals surface area contributed by atoms with Crippen LogP contribution in [0.1, 0.15) is 25.7 Å². The Bertz CT molecular complexity index is 160. The highest BCUT2D eigenvalue weighted by Gasteiger charge is 2.28. The molecule has 2 N–H and O–H groups in total. The number of aliphatic hydroxyl groups excluding tert-OH is 2. The van der Waals surface area contributed by atoms with Crippen LogP contribution >= 0.6 is 11.8 Å². The number of rotatable bonds is 6. The van der Waals surface area contributed by atoms with Gasteiger partial charge in [-0.1, -0.05) is 6.08 Å². The van der Waals surface area contributed by atoms with Gasteiger partial charge in [0, 0.05) is 19.0 Å². The zero-order valence-electron chi connectivity index (χ0n) is 7.91. The fourth-order valence-electron chi connectivity index (χ4n) is 1.75. The second kappa shape index (κ2) is 5.68. The van der Waals surface area contributed by atoms with E-state index in [0.29, 0.717) is 0 Å². The van der Waals surface area contributed by atoms with Gasteiger partial charge in [0.15, 0.2) is 0 Å². The number of allylic oxidation sites excluding steroid dienone is 1. The van der Waals surface area contributed by atoms with Crippen molar-refractivity contribution in [3.05, 3.63) is 11.5 Å². The molecule has 0 bridgehead atoms. The lowest BCUT2D eigenvalue weighted by Gasteiger charge is -2.26. The van der Waals surface area contributed by atoms with Crippen molar-refractivity contribution in [3.63, 3.8) is 0 Å². The minimum absolute atomic E-state index is 0.260. The lowest BCUT2D eigenvalue weighted by atomic mass is 9.81. The molecule has 76 valence electrons. The molecule has 0 aromatic heterocycles. The Kier molecular flexibility index (Phi) is 4.84. The van der Waals surface area contributed by atoms with Gasteiger partial charge in [0.2, 0.25) is 0 Å². The summed E-state index contributed by atoms with van der Waals surface area (Å²) in [4.78, 5) is 0. The zero-order valence-corrected chi connectivity index (χ0v) is 8.72. The summed E-state index contributed by atoms with van der Waals surface area (Å²) < 4.78 is 0. The van der Waals surface area contributed by atoms with Crippen molar-refractivity contribution >= 4 is 11.8 Å². The number of aliphatic hydroxyl groups is 2. The molecule has 13 heavy (non-hydrogen) atoms. The first-order valence-corrected chi connectivity index (χ1v) is 5.89. The van der Waals surface area contributed by atoms with Crippen molar-refractivity contribution in [3.8, 4) is 0 Å². The molecule has 1 aliphatic heterocycles. The molecule has 0 fully saturated rings. The Hall–Kier alpha value is 0.01000. The van der Waals surface area contributed by atoms with E-state index < -0.39 is 0 Å². The Labute approximate surface area is 84.0 Å². The van der Waals surface area contributed by atoms with E-state index in [0.717, 1.165) is 31.4 Å². The minimum atomic E-state index is 0.260. The van der Waals surface area contributed by atoms with Crippen LogP contribution in [0.15, 0.2) is 11.5 Å². The van der Waals surface area contributed by atoms with Crippen LogP contribution in [0.25, 0.3) is 0 Å². The fourth-order valence-corrected chi connectivity index (χ4v) is 2.95. The second-order valence-electron chi connectivity index (χ2n) is 3.63. The molecular weight excluding hydrogens is 184 g/mol. The van der Waals surface area contributed by atoms with Gasteiger partial charge >= 0.3 is 0 Å². The minimum Gasteiger partial charge on any atom is -0.396 e. The van der Waals surface area contributed by atoms with Crippen LogP contribution in [0.5, 0.6) is 0 Å². The Morgan fingerprint density at radius 1 is 1.15 bits per heavy atom. The highest BCUT2D eigenvalue weighted by Crippen LogP contribution is 2.40. The lowest BCUT2D eigenvalue weighted by Crippen LogP contribution is -2.19. The Morgan fingerprint density at radius 2 is 1.77 bits per heavy atom. The Balaban J connectivity index is 2.38. The van der Waals surface area contributed by atoms with Gasteiger partial charge < -0.3 is 10.2 Å². The molecule has 2 nitrogen and oxygen atoms in total. The third kappa shape index (κ3) is 3.33. The quantitative estimate of drug-likeness (QED) is 0.689. The van der Waals surface area contributed by atoms with Crippen LogP contribution < -0.4 is 0 Å². The molecular formula is C10H18O2S. The van der Waals surface area contributed by atoms with E-state index in [4.69, 9.17) is 10.2 Å². The van der Waals surface area contributed by atoms with Crippen LogP contribution in [0, 0.1) is 5.41 Å². The van der Waals surface area contributed by atoms with E-state index in [-0.39, 0.29) is 18.6 Å². The maximum atomic E-state index is 8.79. The monoisotopic (exact) mass is 202 g/mol. The summed E-state index contributed by atoms with van der Waals surface area (Å²) in [7, 11) is 0. The van der Waals surface area contributed by atoms with E-state index in [1.54, 1.807) is 0 Å². The van der Waals surface area contributed by atoms with E-state index in [1.165, 1.54) is 0 Å². The van der Waals surface area contributed by atoms with Crippen molar-refractivity contribution in [1.29, 1.82) is 0 Å². The molecule has 0 amide bonds. The summed E-state index contributed by atoms with van der Waals surface area (Å²) in [6, 6.07) is 0. The van der Waals surface area contributed by atoms with Crippen molar-refractivity contribution in [2.24, 2.45) is 5.41 Å². The summed E-state index contributed by atoms with van der Waals surface area (Å²) in [5, 5.41) is 19.7. The highest BCUT2D eigenvalue weighted by molar-refractivity contribution is 8.02. The number of hydrogen-bond donors (Lipinski definition) is 2. The summed E-state index contributed by atoms with van der Waals surface area (Å²) in [6.07, 6.45) is 6.09. The maximum absolute atomic E-state index is 8.79.